The van der Waals surface area contributed by atoms with E-state index in [4.69, 9.17) is 9.47 Å². The van der Waals surface area contributed by atoms with Crippen LogP contribution < -0.4 is 14.2 Å². The number of non-ortho nitro benzene ring substituents is 1. The maximum atomic E-state index is 13.2. The summed E-state index contributed by atoms with van der Waals surface area (Å²) in [4.78, 5) is 10.4. The van der Waals surface area contributed by atoms with Gasteiger partial charge in [0.15, 0.2) is 0 Å². The van der Waals surface area contributed by atoms with Crippen LogP contribution in [0.15, 0.2) is 53.7 Å². The van der Waals surface area contributed by atoms with Gasteiger partial charge < -0.3 is 9.47 Å². The number of aromatic nitrogens is 2. The van der Waals surface area contributed by atoms with Crippen molar-refractivity contribution in [1.82, 2.24) is 14.5 Å². The second-order valence-corrected chi connectivity index (χ2v) is 9.02. The molecule has 0 fully saturated rings. The lowest BCUT2D eigenvalue weighted by Gasteiger charge is -2.14. The lowest BCUT2D eigenvalue weighted by Crippen LogP contribution is -2.25. The fourth-order valence-corrected chi connectivity index (χ4v) is 4.25. The number of methoxy groups -OCH3 is 2. The van der Waals surface area contributed by atoms with Crippen molar-refractivity contribution in [3.05, 3.63) is 70.0 Å². The third kappa shape index (κ3) is 4.89. The molecule has 3 rings (SSSR count). The van der Waals surface area contributed by atoms with Crippen LogP contribution in [0.3, 0.4) is 0 Å². The molecule has 0 saturated heterocycles. The van der Waals surface area contributed by atoms with E-state index in [2.05, 4.69) is 9.82 Å². The molecule has 11 heteroatoms. The van der Waals surface area contributed by atoms with Gasteiger partial charge >= 0.3 is 0 Å². The molecule has 0 bridgehead atoms. The summed E-state index contributed by atoms with van der Waals surface area (Å²) in [6, 6.07) is 8.65. The highest BCUT2D eigenvalue weighted by atomic mass is 32.2. The predicted octanol–water partition coefficient (Wildman–Crippen LogP) is 3.40. The monoisotopic (exact) mass is 460 g/mol. The topological polar surface area (TPSA) is 126 Å². The van der Waals surface area contributed by atoms with Gasteiger partial charge in [-0.3, -0.25) is 10.1 Å². The predicted molar refractivity (Wildman–Crippen MR) is 118 cm³/mol. The number of nitrogens with zero attached hydrogens (tertiary/aromatic N) is 3. The zero-order chi connectivity index (χ0) is 23.5. The normalized spacial score (nSPS) is 11.5. The molecule has 1 heterocycles. The molecule has 0 spiro atoms. The Bertz CT molecular complexity index is 1240. The molecule has 32 heavy (non-hydrogen) atoms. The number of hydrogen-bond acceptors (Lipinski definition) is 7. The van der Waals surface area contributed by atoms with Gasteiger partial charge in [-0.25, -0.2) is 17.8 Å². The maximum absolute atomic E-state index is 13.2. The summed E-state index contributed by atoms with van der Waals surface area (Å²) in [5.74, 6) is 1.19. The summed E-state index contributed by atoms with van der Waals surface area (Å²) in [5, 5.41) is 15.5. The molecule has 0 unspecified atom stereocenters. The molecule has 2 aromatic carbocycles. The highest BCUT2D eigenvalue weighted by molar-refractivity contribution is 7.89. The van der Waals surface area contributed by atoms with Gasteiger partial charge in [0, 0.05) is 36.5 Å². The number of rotatable bonds is 9. The van der Waals surface area contributed by atoms with E-state index in [0.717, 1.165) is 11.6 Å². The van der Waals surface area contributed by atoms with E-state index in [1.807, 2.05) is 13.8 Å². The van der Waals surface area contributed by atoms with Gasteiger partial charge in [0.1, 0.15) is 16.4 Å². The van der Waals surface area contributed by atoms with Gasteiger partial charge in [-0.2, -0.15) is 5.10 Å². The van der Waals surface area contributed by atoms with Crippen LogP contribution in [0.5, 0.6) is 11.5 Å². The molecule has 1 aromatic heterocycles. The molecular weight excluding hydrogens is 436 g/mol. The van der Waals surface area contributed by atoms with E-state index < -0.39 is 14.9 Å². The number of hydrogen-bond donors (Lipinski definition) is 1. The van der Waals surface area contributed by atoms with Crippen LogP contribution in [0.2, 0.25) is 0 Å². The van der Waals surface area contributed by atoms with Crippen molar-refractivity contribution in [2.24, 2.45) is 0 Å². The summed E-state index contributed by atoms with van der Waals surface area (Å²) < 4.78 is 40.8. The molecule has 0 aliphatic rings. The van der Waals surface area contributed by atoms with Crippen molar-refractivity contribution < 1.29 is 22.8 Å². The Morgan fingerprint density at radius 1 is 1.16 bits per heavy atom. The van der Waals surface area contributed by atoms with Crippen LogP contribution in [-0.2, 0) is 16.6 Å². The Kier molecular flexibility index (Phi) is 6.80. The van der Waals surface area contributed by atoms with Crippen LogP contribution in [-0.4, -0.2) is 37.3 Å². The van der Waals surface area contributed by atoms with E-state index in [0.29, 0.717) is 17.1 Å². The minimum Gasteiger partial charge on any atom is -0.497 e. The number of nitro groups is 1. The van der Waals surface area contributed by atoms with Crippen molar-refractivity contribution in [3.8, 4) is 17.2 Å². The Morgan fingerprint density at radius 2 is 1.91 bits per heavy atom. The summed E-state index contributed by atoms with van der Waals surface area (Å²) >= 11 is 0. The molecule has 3 aromatic rings. The number of benzene rings is 2. The largest absolute Gasteiger partial charge is 0.497 e. The third-order valence-corrected chi connectivity index (χ3v) is 6.34. The van der Waals surface area contributed by atoms with E-state index >= 15 is 0 Å². The fraction of sp³-hybridized carbons (Fsp3) is 0.286. The number of nitrogens with one attached hydrogen (secondary N) is 1. The second kappa shape index (κ2) is 9.37. The Labute approximate surface area is 186 Å². The minimum absolute atomic E-state index is 0.0893. The molecule has 170 valence electrons. The SMILES string of the molecule is COc1ccc(CNS(=O)(=O)c2cc([N+](=O)[O-])ccc2-n2cc(C(C)C)cn2)c(OC)c1. The summed E-state index contributed by atoms with van der Waals surface area (Å²) in [6.07, 6.45) is 3.34. The van der Waals surface area contributed by atoms with Crippen LogP contribution in [0.25, 0.3) is 5.69 Å². The molecule has 1 N–H and O–H groups in total. The van der Waals surface area contributed by atoms with E-state index in [1.165, 1.54) is 31.0 Å². The van der Waals surface area contributed by atoms with Crippen molar-refractivity contribution in [3.63, 3.8) is 0 Å². The molecule has 0 saturated carbocycles. The van der Waals surface area contributed by atoms with Crippen molar-refractivity contribution in [1.29, 1.82) is 0 Å². The minimum atomic E-state index is -4.15. The maximum Gasteiger partial charge on any atom is 0.270 e. The van der Waals surface area contributed by atoms with Crippen molar-refractivity contribution in [2.75, 3.05) is 14.2 Å². The first-order valence-electron chi connectivity index (χ1n) is 9.70. The van der Waals surface area contributed by atoms with Crippen molar-refractivity contribution in [2.45, 2.75) is 31.2 Å². The van der Waals surface area contributed by atoms with Gasteiger partial charge in [-0.1, -0.05) is 19.9 Å². The summed E-state index contributed by atoms with van der Waals surface area (Å²) in [6.45, 7) is 3.88. The lowest BCUT2D eigenvalue weighted by atomic mass is 10.1. The molecule has 0 radical (unpaired) electrons. The van der Waals surface area contributed by atoms with E-state index in [1.54, 1.807) is 30.6 Å². The van der Waals surface area contributed by atoms with Gasteiger partial charge in [0.2, 0.25) is 10.0 Å². The van der Waals surface area contributed by atoms with Gasteiger partial charge in [-0.15, -0.1) is 0 Å². The highest BCUT2D eigenvalue weighted by Gasteiger charge is 2.24. The van der Waals surface area contributed by atoms with Crippen LogP contribution in [0.4, 0.5) is 5.69 Å². The Hall–Kier alpha value is -3.44. The molecule has 0 atom stereocenters. The fourth-order valence-electron chi connectivity index (χ4n) is 3.04. The van der Waals surface area contributed by atoms with Gasteiger partial charge in [0.25, 0.3) is 5.69 Å². The van der Waals surface area contributed by atoms with Crippen LogP contribution in [0, 0.1) is 10.1 Å². The first kappa shape index (κ1) is 23.2. The van der Waals surface area contributed by atoms with Crippen LogP contribution >= 0.6 is 0 Å². The third-order valence-electron chi connectivity index (χ3n) is 4.91. The quantitative estimate of drug-likeness (QED) is 0.383. The zero-order valence-corrected chi connectivity index (χ0v) is 18.9. The number of sulfonamides is 1. The summed E-state index contributed by atoms with van der Waals surface area (Å²) in [7, 11) is -1.16. The standard InChI is InChI=1S/C21H24N4O6S/c1-14(2)16-11-22-24(13-16)19-8-6-17(25(26)27)9-21(19)32(28,29)23-12-15-5-7-18(30-3)10-20(15)31-4/h5-11,13-14,23H,12H2,1-4H3. The molecule has 10 nitrogen and oxygen atoms in total. The lowest BCUT2D eigenvalue weighted by molar-refractivity contribution is -0.385. The molecule has 0 aliphatic heterocycles. The molecule has 0 aliphatic carbocycles. The van der Waals surface area contributed by atoms with E-state index in [-0.39, 0.29) is 28.7 Å². The zero-order valence-electron chi connectivity index (χ0n) is 18.1. The Morgan fingerprint density at radius 3 is 2.50 bits per heavy atom. The molecular formula is C21H24N4O6S. The van der Waals surface area contributed by atoms with E-state index in [9.17, 15) is 18.5 Å². The smallest absolute Gasteiger partial charge is 0.270 e. The average Bonchev–Trinajstić information content (AvgIpc) is 3.27. The van der Waals surface area contributed by atoms with Crippen LogP contribution in [0.1, 0.15) is 30.9 Å². The van der Waals surface area contributed by atoms with Crippen molar-refractivity contribution >= 4 is 15.7 Å². The van der Waals surface area contributed by atoms with Gasteiger partial charge in [-0.05, 0) is 23.6 Å². The Balaban J connectivity index is 2.00. The first-order valence-corrected chi connectivity index (χ1v) is 11.2. The molecule has 0 amide bonds. The average molecular weight is 461 g/mol. The van der Waals surface area contributed by atoms with Gasteiger partial charge in [0.05, 0.1) is 31.0 Å². The number of ether oxygens (including phenoxy) is 2. The number of nitro benzene ring substituents is 1. The first-order chi connectivity index (χ1) is 15.2. The summed E-state index contributed by atoms with van der Waals surface area (Å²) in [5.41, 5.74) is 1.34. The highest BCUT2D eigenvalue weighted by Crippen LogP contribution is 2.28. The second-order valence-electron chi connectivity index (χ2n) is 7.28.